The molecule has 1 aromatic rings. The molecular weight excluding hydrogens is 348 g/mol. The maximum absolute atomic E-state index is 11.0. The lowest BCUT2D eigenvalue weighted by atomic mass is 9.45. The van der Waals surface area contributed by atoms with Crippen LogP contribution < -0.4 is 0 Å². The predicted molar refractivity (Wildman–Crippen MR) is 109 cm³/mol. The van der Waals surface area contributed by atoms with Gasteiger partial charge in [-0.1, -0.05) is 32.4 Å². The van der Waals surface area contributed by atoms with E-state index in [4.69, 9.17) is 0 Å². The van der Waals surface area contributed by atoms with Crippen LogP contribution in [0.1, 0.15) is 65.0 Å². The second-order valence-corrected chi connectivity index (χ2v) is 10.2. The third-order valence-corrected chi connectivity index (χ3v) is 8.89. The van der Waals surface area contributed by atoms with Crippen molar-refractivity contribution in [2.24, 2.45) is 34.5 Å². The first-order valence-electron chi connectivity index (χ1n) is 10.9. The van der Waals surface area contributed by atoms with Gasteiger partial charge in [0.25, 0.3) is 0 Å². The lowest BCUT2D eigenvalue weighted by Gasteiger charge is -2.59. The van der Waals surface area contributed by atoms with Crippen LogP contribution in [0.15, 0.2) is 36.0 Å². The number of nitrogens with zero attached hydrogens (tertiary/aromatic N) is 2. The number of hydrogen-bond donors (Lipinski definition) is 2. The van der Waals surface area contributed by atoms with Crippen LogP contribution in [-0.2, 0) is 0 Å². The molecule has 150 valence electrons. The quantitative estimate of drug-likeness (QED) is 0.678. The summed E-state index contributed by atoms with van der Waals surface area (Å²) in [5, 5.41) is 21.2. The molecule has 2 saturated carbocycles. The van der Waals surface area contributed by atoms with Crippen molar-refractivity contribution >= 4 is 5.57 Å². The summed E-state index contributed by atoms with van der Waals surface area (Å²) in [6, 6.07) is 0. The van der Waals surface area contributed by atoms with E-state index in [1.54, 1.807) is 18.6 Å². The first kappa shape index (κ1) is 18.4. The minimum atomic E-state index is -0.169. The first-order chi connectivity index (χ1) is 13.3. The Morgan fingerprint density at radius 2 is 1.82 bits per heavy atom. The van der Waals surface area contributed by atoms with Gasteiger partial charge in [0.1, 0.15) is 0 Å². The number of aromatic nitrogens is 2. The standard InChI is InChI=1S/C24H32N2O2/c1-14-10-15-11-16(27)4-6-23(15,2)17-5-7-24(3)18(21(14)17)12-20(28)22(24)19-13-25-8-9-26-19/h8-10,13-14,16-18,21,27-28H,4-7,11-12H2,1-3H3/t14-,16-,17-,18-,21+,23-,24-/m0/s1. The van der Waals surface area contributed by atoms with Gasteiger partial charge >= 0.3 is 0 Å². The molecule has 2 fully saturated rings. The van der Waals surface area contributed by atoms with Gasteiger partial charge in [-0.3, -0.25) is 9.97 Å². The van der Waals surface area contributed by atoms with Gasteiger partial charge in [-0.15, -0.1) is 0 Å². The van der Waals surface area contributed by atoms with E-state index in [0.717, 1.165) is 43.4 Å². The van der Waals surface area contributed by atoms with Gasteiger partial charge in [0.05, 0.1) is 23.8 Å². The zero-order chi connectivity index (χ0) is 19.7. The summed E-state index contributed by atoms with van der Waals surface area (Å²) in [7, 11) is 0. The average Bonchev–Trinajstić information content (AvgIpc) is 2.94. The van der Waals surface area contributed by atoms with Crippen molar-refractivity contribution in [1.29, 1.82) is 0 Å². The fourth-order valence-electron chi connectivity index (χ4n) is 7.52. The summed E-state index contributed by atoms with van der Waals surface area (Å²) in [5.74, 6) is 2.66. The van der Waals surface area contributed by atoms with Crippen molar-refractivity contribution < 1.29 is 10.2 Å². The topological polar surface area (TPSA) is 66.2 Å². The molecule has 0 unspecified atom stereocenters. The molecule has 4 aliphatic rings. The van der Waals surface area contributed by atoms with E-state index in [1.165, 1.54) is 12.0 Å². The van der Waals surface area contributed by atoms with Crippen molar-refractivity contribution in [1.82, 2.24) is 9.97 Å². The summed E-state index contributed by atoms with van der Waals surface area (Å²) < 4.78 is 0. The minimum Gasteiger partial charge on any atom is -0.512 e. The molecule has 0 bridgehead atoms. The number of rotatable bonds is 1. The summed E-state index contributed by atoms with van der Waals surface area (Å²) in [6.07, 6.45) is 13.4. The van der Waals surface area contributed by atoms with Crippen molar-refractivity contribution in [2.45, 2.75) is 65.4 Å². The molecule has 0 saturated heterocycles. The molecule has 1 heterocycles. The Morgan fingerprint density at radius 3 is 2.57 bits per heavy atom. The highest BCUT2D eigenvalue weighted by Gasteiger charge is 2.60. The fourth-order valence-corrected chi connectivity index (χ4v) is 7.52. The average molecular weight is 381 g/mol. The Bertz CT molecular complexity index is 847. The minimum absolute atomic E-state index is 0.0363. The molecule has 4 heteroatoms. The fraction of sp³-hybridized carbons (Fsp3) is 0.667. The molecule has 0 spiro atoms. The highest BCUT2D eigenvalue weighted by molar-refractivity contribution is 5.72. The molecule has 0 aliphatic heterocycles. The Labute approximate surface area is 167 Å². The van der Waals surface area contributed by atoms with Crippen LogP contribution in [-0.4, -0.2) is 26.3 Å². The van der Waals surface area contributed by atoms with Gasteiger partial charge in [-0.25, -0.2) is 0 Å². The van der Waals surface area contributed by atoms with Crippen molar-refractivity contribution in [3.05, 3.63) is 41.7 Å². The van der Waals surface area contributed by atoms with Crippen LogP contribution in [0.5, 0.6) is 0 Å². The number of aliphatic hydroxyl groups is 2. The van der Waals surface area contributed by atoms with E-state index in [9.17, 15) is 10.2 Å². The van der Waals surface area contributed by atoms with Crippen LogP contribution in [0.4, 0.5) is 0 Å². The zero-order valence-corrected chi connectivity index (χ0v) is 17.2. The lowest BCUT2D eigenvalue weighted by Crippen LogP contribution is -2.52. The maximum atomic E-state index is 11.0. The molecule has 0 radical (unpaired) electrons. The Morgan fingerprint density at radius 1 is 1.04 bits per heavy atom. The van der Waals surface area contributed by atoms with Crippen LogP contribution in [0, 0.1) is 34.5 Å². The van der Waals surface area contributed by atoms with Crippen molar-refractivity contribution in [3.8, 4) is 0 Å². The van der Waals surface area contributed by atoms with E-state index in [2.05, 4.69) is 36.8 Å². The molecule has 28 heavy (non-hydrogen) atoms. The van der Waals surface area contributed by atoms with Gasteiger partial charge in [0.2, 0.25) is 0 Å². The predicted octanol–water partition coefficient (Wildman–Crippen LogP) is 4.93. The van der Waals surface area contributed by atoms with Gasteiger partial charge in [-0.05, 0) is 61.2 Å². The summed E-state index contributed by atoms with van der Waals surface area (Å²) in [5.41, 5.74) is 3.55. The SMILES string of the molecule is C[C@H]1C=C2C[C@@H](O)CC[C@]2(C)[C@H]2CC[C@]3(C)C(c4cnccn4)=C(O)C[C@H]3[C@H]12. The van der Waals surface area contributed by atoms with Gasteiger partial charge in [0, 0.05) is 29.8 Å². The molecule has 4 aliphatic carbocycles. The number of aliphatic hydroxyl groups excluding tert-OH is 2. The van der Waals surface area contributed by atoms with E-state index in [-0.39, 0.29) is 16.9 Å². The highest BCUT2D eigenvalue weighted by atomic mass is 16.3. The summed E-state index contributed by atoms with van der Waals surface area (Å²) >= 11 is 0. The van der Waals surface area contributed by atoms with Crippen molar-refractivity contribution in [3.63, 3.8) is 0 Å². The Balaban J connectivity index is 1.55. The van der Waals surface area contributed by atoms with Crippen LogP contribution in [0.3, 0.4) is 0 Å². The summed E-state index contributed by atoms with van der Waals surface area (Å²) in [4.78, 5) is 8.80. The molecule has 7 atom stereocenters. The van der Waals surface area contributed by atoms with Crippen molar-refractivity contribution in [2.75, 3.05) is 0 Å². The van der Waals surface area contributed by atoms with Gasteiger partial charge in [-0.2, -0.15) is 0 Å². The van der Waals surface area contributed by atoms with Gasteiger partial charge in [0.15, 0.2) is 0 Å². The zero-order valence-electron chi connectivity index (χ0n) is 17.2. The normalized spacial score (nSPS) is 45.1. The molecule has 4 nitrogen and oxygen atoms in total. The molecular formula is C24H32N2O2. The van der Waals surface area contributed by atoms with Crippen LogP contribution in [0.25, 0.3) is 5.57 Å². The Hall–Kier alpha value is -1.68. The third kappa shape index (κ3) is 2.39. The number of fused-ring (bicyclic) bond motifs is 5. The van der Waals surface area contributed by atoms with Gasteiger partial charge < -0.3 is 10.2 Å². The third-order valence-electron chi connectivity index (χ3n) is 8.89. The first-order valence-corrected chi connectivity index (χ1v) is 10.9. The maximum Gasteiger partial charge on any atom is 0.0985 e. The van der Waals surface area contributed by atoms with E-state index in [1.807, 2.05) is 0 Å². The van der Waals surface area contributed by atoms with E-state index in [0.29, 0.717) is 29.4 Å². The van der Waals surface area contributed by atoms with Crippen LogP contribution in [0.2, 0.25) is 0 Å². The smallest absolute Gasteiger partial charge is 0.0985 e. The molecule has 0 aromatic carbocycles. The second-order valence-electron chi connectivity index (χ2n) is 10.2. The molecule has 0 amide bonds. The lowest BCUT2D eigenvalue weighted by molar-refractivity contribution is -0.0438. The van der Waals surface area contributed by atoms with Crippen LogP contribution >= 0.6 is 0 Å². The largest absolute Gasteiger partial charge is 0.512 e. The second kappa shape index (κ2) is 6.16. The highest BCUT2D eigenvalue weighted by Crippen LogP contribution is 2.68. The Kier molecular flexibility index (Phi) is 4.04. The number of allylic oxidation sites excluding steroid dienone is 3. The summed E-state index contributed by atoms with van der Waals surface area (Å²) in [6.45, 7) is 7.15. The number of hydrogen-bond acceptors (Lipinski definition) is 4. The molecule has 5 rings (SSSR count). The monoisotopic (exact) mass is 380 g/mol. The molecule has 2 N–H and O–H groups in total. The van der Waals surface area contributed by atoms with E-state index >= 15 is 0 Å². The van der Waals surface area contributed by atoms with E-state index < -0.39 is 0 Å². The molecule has 1 aromatic heterocycles.